The minimum absolute atomic E-state index is 0.248. The van der Waals surface area contributed by atoms with Gasteiger partial charge in [-0.15, -0.1) is 0 Å². The summed E-state index contributed by atoms with van der Waals surface area (Å²) in [6.45, 7) is 1.70. The van der Waals surface area contributed by atoms with Gasteiger partial charge < -0.3 is 10.2 Å². The zero-order valence-corrected chi connectivity index (χ0v) is 8.37. The second-order valence-electron chi connectivity index (χ2n) is 2.72. The summed E-state index contributed by atoms with van der Waals surface area (Å²) >= 11 is 3.30. The van der Waals surface area contributed by atoms with Crippen LogP contribution in [0.5, 0.6) is 0 Å². The molecule has 1 atom stereocenters. The number of hydrogen-bond donors (Lipinski definition) is 2. The van der Waals surface area contributed by atoms with Gasteiger partial charge in [0.2, 0.25) is 0 Å². The van der Waals surface area contributed by atoms with E-state index in [2.05, 4.69) is 15.9 Å². The lowest BCUT2D eigenvalue weighted by Gasteiger charge is -2.10. The van der Waals surface area contributed by atoms with Crippen molar-refractivity contribution >= 4 is 15.9 Å². The predicted octanol–water partition coefficient (Wildman–Crippen LogP) is 1.78. The van der Waals surface area contributed by atoms with Gasteiger partial charge in [0.15, 0.2) is 0 Å². The molecule has 0 bridgehead atoms. The molecule has 0 radical (unpaired) electrons. The minimum Gasteiger partial charge on any atom is -0.393 e. The Balaban J connectivity index is 3.04. The first-order valence-electron chi connectivity index (χ1n) is 3.70. The van der Waals surface area contributed by atoms with Crippen LogP contribution in [-0.4, -0.2) is 16.8 Å². The zero-order valence-electron chi connectivity index (χ0n) is 6.79. The molecule has 0 saturated heterocycles. The van der Waals surface area contributed by atoms with Crippen molar-refractivity contribution in [3.05, 3.63) is 33.8 Å². The molecule has 0 aliphatic carbocycles. The largest absolute Gasteiger partial charge is 0.393 e. The maximum Gasteiger partial charge on any atom is 0.103 e. The van der Waals surface area contributed by atoms with Crippen LogP contribution in [0, 0.1) is 6.92 Å². The van der Waals surface area contributed by atoms with E-state index in [0.717, 1.165) is 15.6 Å². The Kier molecular flexibility index (Phi) is 3.26. The molecule has 1 aromatic rings. The Labute approximate surface area is 80.0 Å². The molecule has 1 aromatic carbocycles. The number of rotatable bonds is 2. The third kappa shape index (κ3) is 2.06. The highest BCUT2D eigenvalue weighted by Gasteiger charge is 2.09. The van der Waals surface area contributed by atoms with E-state index in [4.69, 9.17) is 5.11 Å². The third-order valence-corrected chi connectivity index (χ3v) is 2.41. The van der Waals surface area contributed by atoms with E-state index in [9.17, 15) is 5.11 Å². The van der Waals surface area contributed by atoms with E-state index < -0.39 is 6.10 Å². The van der Waals surface area contributed by atoms with Crippen LogP contribution in [0.3, 0.4) is 0 Å². The topological polar surface area (TPSA) is 40.5 Å². The monoisotopic (exact) mass is 230 g/mol. The fourth-order valence-corrected chi connectivity index (χ4v) is 1.53. The Morgan fingerprint density at radius 2 is 2.17 bits per heavy atom. The first-order valence-corrected chi connectivity index (χ1v) is 4.49. The highest BCUT2D eigenvalue weighted by atomic mass is 79.9. The summed E-state index contributed by atoms with van der Waals surface area (Å²) in [5, 5.41) is 18.1. The van der Waals surface area contributed by atoms with E-state index in [1.54, 1.807) is 0 Å². The lowest BCUT2D eigenvalue weighted by molar-refractivity contribution is 0.0950. The molecular formula is C9H11BrO2. The summed E-state index contributed by atoms with van der Waals surface area (Å²) in [6, 6.07) is 5.66. The van der Waals surface area contributed by atoms with Gasteiger partial charge in [-0.05, 0) is 18.6 Å². The van der Waals surface area contributed by atoms with E-state index in [0.29, 0.717) is 0 Å². The molecule has 66 valence electrons. The predicted molar refractivity (Wildman–Crippen MR) is 50.9 cm³/mol. The van der Waals surface area contributed by atoms with Crippen LogP contribution in [0.15, 0.2) is 22.7 Å². The number of halogens is 1. The summed E-state index contributed by atoms with van der Waals surface area (Å²) in [5.74, 6) is 0. The van der Waals surface area contributed by atoms with Crippen LogP contribution in [0.1, 0.15) is 17.2 Å². The van der Waals surface area contributed by atoms with Crippen molar-refractivity contribution in [2.75, 3.05) is 6.61 Å². The summed E-state index contributed by atoms with van der Waals surface area (Å²) < 4.78 is 0.828. The van der Waals surface area contributed by atoms with E-state index in [1.165, 1.54) is 0 Å². The standard InChI is InChI=1S/C9H11BrO2/c1-6-2-3-8(10)7(4-6)9(12)5-11/h2-4,9,11-12H,5H2,1H3. The molecular weight excluding hydrogens is 220 g/mol. The van der Waals surface area contributed by atoms with Crippen molar-refractivity contribution in [2.24, 2.45) is 0 Å². The molecule has 12 heavy (non-hydrogen) atoms. The highest BCUT2D eigenvalue weighted by Crippen LogP contribution is 2.23. The SMILES string of the molecule is Cc1ccc(Br)c(C(O)CO)c1. The van der Waals surface area contributed by atoms with Crippen molar-refractivity contribution in [2.45, 2.75) is 13.0 Å². The molecule has 3 heteroatoms. The Bertz CT molecular complexity index is 273. The van der Waals surface area contributed by atoms with Gasteiger partial charge >= 0.3 is 0 Å². The fourth-order valence-electron chi connectivity index (χ4n) is 1.02. The lowest BCUT2D eigenvalue weighted by Crippen LogP contribution is -2.03. The van der Waals surface area contributed by atoms with Crippen LogP contribution in [0.25, 0.3) is 0 Å². The summed E-state index contributed by atoms with van der Waals surface area (Å²) in [4.78, 5) is 0. The van der Waals surface area contributed by atoms with Crippen LogP contribution >= 0.6 is 15.9 Å². The fraction of sp³-hybridized carbons (Fsp3) is 0.333. The van der Waals surface area contributed by atoms with Gasteiger partial charge in [0.1, 0.15) is 6.10 Å². The molecule has 0 spiro atoms. The Morgan fingerprint density at radius 1 is 1.50 bits per heavy atom. The third-order valence-electron chi connectivity index (χ3n) is 1.68. The average molecular weight is 231 g/mol. The lowest BCUT2D eigenvalue weighted by atomic mass is 10.1. The van der Waals surface area contributed by atoms with E-state index in [-0.39, 0.29) is 6.61 Å². The van der Waals surface area contributed by atoms with Crippen LogP contribution in [0.2, 0.25) is 0 Å². The van der Waals surface area contributed by atoms with Crippen molar-refractivity contribution in [3.63, 3.8) is 0 Å². The number of aryl methyl sites for hydroxylation is 1. The Morgan fingerprint density at radius 3 is 2.75 bits per heavy atom. The number of benzene rings is 1. The van der Waals surface area contributed by atoms with E-state index >= 15 is 0 Å². The highest BCUT2D eigenvalue weighted by molar-refractivity contribution is 9.10. The molecule has 0 fully saturated rings. The first-order chi connectivity index (χ1) is 5.65. The average Bonchev–Trinajstić information content (AvgIpc) is 2.08. The minimum atomic E-state index is -0.792. The van der Waals surface area contributed by atoms with Crippen molar-refractivity contribution in [3.8, 4) is 0 Å². The van der Waals surface area contributed by atoms with Gasteiger partial charge in [0.05, 0.1) is 6.61 Å². The second-order valence-corrected chi connectivity index (χ2v) is 3.58. The molecule has 2 N–H and O–H groups in total. The zero-order chi connectivity index (χ0) is 9.14. The van der Waals surface area contributed by atoms with Crippen LogP contribution < -0.4 is 0 Å². The molecule has 0 aromatic heterocycles. The van der Waals surface area contributed by atoms with Gasteiger partial charge in [-0.1, -0.05) is 33.6 Å². The smallest absolute Gasteiger partial charge is 0.103 e. The van der Waals surface area contributed by atoms with Gasteiger partial charge in [-0.3, -0.25) is 0 Å². The molecule has 1 rings (SSSR count). The Hall–Kier alpha value is -0.380. The maximum absolute atomic E-state index is 9.35. The molecule has 2 nitrogen and oxygen atoms in total. The molecule has 0 amide bonds. The van der Waals surface area contributed by atoms with Crippen molar-refractivity contribution in [1.82, 2.24) is 0 Å². The number of aliphatic hydroxyl groups is 2. The summed E-state index contributed by atoms with van der Waals surface area (Å²) in [5.41, 5.74) is 1.80. The summed E-state index contributed by atoms with van der Waals surface area (Å²) in [7, 11) is 0. The molecule has 0 heterocycles. The molecule has 0 saturated carbocycles. The normalized spacial score (nSPS) is 13.0. The molecule has 0 aliphatic rings. The van der Waals surface area contributed by atoms with Crippen LogP contribution in [-0.2, 0) is 0 Å². The molecule has 1 unspecified atom stereocenters. The second kappa shape index (κ2) is 4.03. The molecule has 0 aliphatic heterocycles. The van der Waals surface area contributed by atoms with Crippen molar-refractivity contribution in [1.29, 1.82) is 0 Å². The number of aliphatic hydroxyl groups excluding tert-OH is 2. The summed E-state index contributed by atoms with van der Waals surface area (Å²) in [6.07, 6.45) is -0.792. The van der Waals surface area contributed by atoms with Gasteiger partial charge in [0, 0.05) is 4.47 Å². The van der Waals surface area contributed by atoms with Crippen molar-refractivity contribution < 1.29 is 10.2 Å². The quantitative estimate of drug-likeness (QED) is 0.814. The number of hydrogen-bond acceptors (Lipinski definition) is 2. The van der Waals surface area contributed by atoms with Gasteiger partial charge in [-0.2, -0.15) is 0 Å². The van der Waals surface area contributed by atoms with Gasteiger partial charge in [0.25, 0.3) is 0 Å². The van der Waals surface area contributed by atoms with Crippen LogP contribution in [0.4, 0.5) is 0 Å². The maximum atomic E-state index is 9.35. The van der Waals surface area contributed by atoms with E-state index in [1.807, 2.05) is 25.1 Å². The first kappa shape index (κ1) is 9.71. The van der Waals surface area contributed by atoms with Gasteiger partial charge in [-0.25, -0.2) is 0 Å².